The number of nitrogens with zero attached hydrogens (tertiary/aromatic N) is 3. The third kappa shape index (κ3) is 3.73. The predicted molar refractivity (Wildman–Crippen MR) is 136 cm³/mol. The highest BCUT2D eigenvalue weighted by molar-refractivity contribution is 6.28. The predicted octanol–water partition coefficient (Wildman–Crippen LogP) is 7.83. The van der Waals surface area contributed by atoms with E-state index in [1.807, 2.05) is 36.4 Å². The molecule has 0 amide bonds. The molecule has 0 N–H and O–H groups in total. The number of hydrogen-bond acceptors (Lipinski definition) is 3. The van der Waals surface area contributed by atoms with Crippen molar-refractivity contribution >= 4 is 33.1 Å². The molecule has 0 aliphatic rings. The molecule has 4 heteroatoms. The Morgan fingerprint density at radius 3 is 1.76 bits per heavy atom. The maximum absolute atomic E-state index is 6.33. The molecule has 3 nitrogen and oxygen atoms in total. The molecular formula is C29H18ClN3. The second-order valence-corrected chi connectivity index (χ2v) is 8.26. The quantitative estimate of drug-likeness (QED) is 0.261. The van der Waals surface area contributed by atoms with Gasteiger partial charge in [0.1, 0.15) is 0 Å². The first-order valence-corrected chi connectivity index (χ1v) is 11.1. The minimum Gasteiger partial charge on any atom is -0.208 e. The normalized spacial score (nSPS) is 11.2. The summed E-state index contributed by atoms with van der Waals surface area (Å²) in [4.78, 5) is 13.6. The van der Waals surface area contributed by atoms with Gasteiger partial charge in [0.2, 0.25) is 5.28 Å². The molecule has 156 valence electrons. The lowest BCUT2D eigenvalue weighted by molar-refractivity contribution is 1.07. The number of benzene rings is 5. The summed E-state index contributed by atoms with van der Waals surface area (Å²) < 4.78 is 0. The van der Waals surface area contributed by atoms with Gasteiger partial charge in [-0.15, -0.1) is 0 Å². The van der Waals surface area contributed by atoms with Gasteiger partial charge in [0.25, 0.3) is 0 Å². The first-order valence-electron chi connectivity index (χ1n) is 10.7. The van der Waals surface area contributed by atoms with E-state index in [1.54, 1.807) is 0 Å². The molecule has 5 aromatic carbocycles. The lowest BCUT2D eigenvalue weighted by atomic mass is 10.00. The van der Waals surface area contributed by atoms with Crippen LogP contribution in [0.3, 0.4) is 0 Å². The lowest BCUT2D eigenvalue weighted by Crippen LogP contribution is -1.97. The zero-order chi connectivity index (χ0) is 22.2. The number of halogens is 1. The van der Waals surface area contributed by atoms with Crippen LogP contribution in [0.5, 0.6) is 0 Å². The number of fused-ring (bicyclic) bond motifs is 3. The Morgan fingerprint density at radius 1 is 0.424 bits per heavy atom. The second kappa shape index (κ2) is 8.12. The Hall–Kier alpha value is -4.08. The van der Waals surface area contributed by atoms with Crippen molar-refractivity contribution in [2.75, 3.05) is 0 Å². The number of aromatic nitrogens is 3. The highest BCUT2D eigenvalue weighted by atomic mass is 35.5. The summed E-state index contributed by atoms with van der Waals surface area (Å²) in [6, 6.07) is 37.4. The third-order valence-electron chi connectivity index (χ3n) is 5.86. The summed E-state index contributed by atoms with van der Waals surface area (Å²) >= 11 is 6.33. The third-order valence-corrected chi connectivity index (χ3v) is 6.03. The van der Waals surface area contributed by atoms with Crippen LogP contribution >= 0.6 is 11.6 Å². The Bertz CT molecular complexity index is 1610. The highest BCUT2D eigenvalue weighted by Crippen LogP contribution is 2.30. The summed E-state index contributed by atoms with van der Waals surface area (Å²) in [5.74, 6) is 1.12. The van der Waals surface area contributed by atoms with E-state index >= 15 is 0 Å². The molecule has 0 radical (unpaired) electrons. The van der Waals surface area contributed by atoms with Crippen LogP contribution in [-0.2, 0) is 0 Å². The molecule has 0 saturated heterocycles. The van der Waals surface area contributed by atoms with E-state index in [-0.39, 0.29) is 5.28 Å². The molecule has 0 atom stereocenters. The fraction of sp³-hybridized carbons (Fsp3) is 0. The number of hydrogen-bond donors (Lipinski definition) is 0. The zero-order valence-corrected chi connectivity index (χ0v) is 18.4. The van der Waals surface area contributed by atoms with Gasteiger partial charge in [0.15, 0.2) is 11.6 Å². The first-order chi connectivity index (χ1) is 16.2. The molecule has 6 rings (SSSR count). The number of rotatable bonds is 3. The van der Waals surface area contributed by atoms with E-state index in [9.17, 15) is 0 Å². The zero-order valence-electron chi connectivity index (χ0n) is 17.6. The van der Waals surface area contributed by atoms with Crippen molar-refractivity contribution in [3.8, 4) is 33.9 Å². The van der Waals surface area contributed by atoms with Crippen LogP contribution in [0.15, 0.2) is 109 Å². The Morgan fingerprint density at radius 2 is 0.970 bits per heavy atom. The van der Waals surface area contributed by atoms with Gasteiger partial charge in [0, 0.05) is 11.1 Å². The topological polar surface area (TPSA) is 38.7 Å². The van der Waals surface area contributed by atoms with Crippen LogP contribution in [0.4, 0.5) is 0 Å². The molecule has 0 unspecified atom stereocenters. The monoisotopic (exact) mass is 443 g/mol. The summed E-state index contributed by atoms with van der Waals surface area (Å²) in [5.41, 5.74) is 4.11. The largest absolute Gasteiger partial charge is 0.226 e. The highest BCUT2D eigenvalue weighted by Gasteiger charge is 2.11. The smallest absolute Gasteiger partial charge is 0.208 e. The summed E-state index contributed by atoms with van der Waals surface area (Å²) in [6.07, 6.45) is 0. The average molecular weight is 444 g/mol. The second-order valence-electron chi connectivity index (χ2n) is 7.92. The molecule has 1 aromatic heterocycles. The van der Waals surface area contributed by atoms with Crippen LogP contribution in [0.25, 0.3) is 55.4 Å². The molecule has 6 aromatic rings. The van der Waals surface area contributed by atoms with E-state index in [2.05, 4.69) is 82.8 Å². The lowest BCUT2D eigenvalue weighted by Gasteiger charge is -2.08. The molecule has 0 aliphatic heterocycles. The maximum Gasteiger partial charge on any atom is 0.226 e. The van der Waals surface area contributed by atoms with Gasteiger partial charge in [-0.05, 0) is 50.3 Å². The molecule has 0 spiro atoms. The fourth-order valence-electron chi connectivity index (χ4n) is 4.19. The molecule has 0 bridgehead atoms. The Balaban J connectivity index is 1.43. The fourth-order valence-corrected chi connectivity index (χ4v) is 4.35. The van der Waals surface area contributed by atoms with Gasteiger partial charge in [0.05, 0.1) is 0 Å². The van der Waals surface area contributed by atoms with Gasteiger partial charge >= 0.3 is 0 Å². The average Bonchev–Trinajstić information content (AvgIpc) is 2.88. The summed E-state index contributed by atoms with van der Waals surface area (Å²) in [7, 11) is 0. The Kier molecular flexibility index (Phi) is 4.82. The van der Waals surface area contributed by atoms with Gasteiger partial charge in [-0.2, -0.15) is 9.97 Å². The SMILES string of the molecule is Clc1nc(-c2ccc(-c3ccccc3)cc2)nc(-c2ccc3ccc4ccccc4c3c2)n1. The van der Waals surface area contributed by atoms with E-state index in [0.717, 1.165) is 22.1 Å². The van der Waals surface area contributed by atoms with E-state index < -0.39 is 0 Å². The standard InChI is InChI=1S/C29H18ClN3/c30-29-32-27(23-15-10-20(11-16-23)19-6-2-1-3-7-19)31-28(33-29)24-17-14-22-13-12-21-8-4-5-9-25(21)26(22)18-24/h1-18H. The van der Waals surface area contributed by atoms with E-state index in [1.165, 1.54) is 21.7 Å². The van der Waals surface area contributed by atoms with Crippen molar-refractivity contribution in [3.63, 3.8) is 0 Å². The summed E-state index contributed by atoms with van der Waals surface area (Å²) in [5, 5.41) is 4.93. The van der Waals surface area contributed by atoms with Crippen LogP contribution in [0.1, 0.15) is 0 Å². The van der Waals surface area contributed by atoms with Crippen molar-refractivity contribution in [2.24, 2.45) is 0 Å². The molecular weight excluding hydrogens is 426 g/mol. The van der Waals surface area contributed by atoms with Gasteiger partial charge in [-0.3, -0.25) is 0 Å². The molecule has 33 heavy (non-hydrogen) atoms. The maximum atomic E-state index is 6.33. The van der Waals surface area contributed by atoms with Crippen molar-refractivity contribution in [1.29, 1.82) is 0 Å². The first kappa shape index (κ1) is 19.6. The summed E-state index contributed by atoms with van der Waals surface area (Å²) in [6.45, 7) is 0. The van der Waals surface area contributed by atoms with Gasteiger partial charge < -0.3 is 0 Å². The minimum atomic E-state index is 0.181. The van der Waals surface area contributed by atoms with E-state index in [4.69, 9.17) is 16.6 Å². The van der Waals surface area contributed by atoms with Crippen LogP contribution in [0.2, 0.25) is 5.28 Å². The minimum absolute atomic E-state index is 0.181. The Labute approximate surface area is 196 Å². The molecule has 1 heterocycles. The van der Waals surface area contributed by atoms with E-state index in [0.29, 0.717) is 11.6 Å². The van der Waals surface area contributed by atoms with Crippen molar-refractivity contribution < 1.29 is 0 Å². The molecule has 0 saturated carbocycles. The van der Waals surface area contributed by atoms with Crippen molar-refractivity contribution in [2.45, 2.75) is 0 Å². The van der Waals surface area contributed by atoms with Crippen LogP contribution in [-0.4, -0.2) is 15.0 Å². The molecule has 0 aliphatic carbocycles. The van der Waals surface area contributed by atoms with Crippen LogP contribution in [0, 0.1) is 0 Å². The van der Waals surface area contributed by atoms with Crippen molar-refractivity contribution in [1.82, 2.24) is 15.0 Å². The molecule has 0 fully saturated rings. The van der Waals surface area contributed by atoms with Gasteiger partial charge in [-0.25, -0.2) is 4.98 Å². The van der Waals surface area contributed by atoms with Crippen molar-refractivity contribution in [3.05, 3.63) is 114 Å². The van der Waals surface area contributed by atoms with Gasteiger partial charge in [-0.1, -0.05) is 103 Å². The van der Waals surface area contributed by atoms with Crippen LogP contribution < -0.4 is 0 Å².